The summed E-state index contributed by atoms with van der Waals surface area (Å²) >= 11 is 0. The standard InChI is InChI=1S/C17H25N3/c1-14(2)20-13-12-16(19-20)10-7-11-17(18-3)15-8-5-4-6-9-15/h4-6,8-9,12-14,17-18H,7,10-11H2,1-3H3. The van der Waals surface area contributed by atoms with Crippen LogP contribution in [-0.2, 0) is 6.42 Å². The van der Waals surface area contributed by atoms with Gasteiger partial charge < -0.3 is 5.32 Å². The molecule has 0 spiro atoms. The van der Waals surface area contributed by atoms with E-state index in [4.69, 9.17) is 0 Å². The van der Waals surface area contributed by atoms with Gasteiger partial charge in [0.1, 0.15) is 0 Å². The van der Waals surface area contributed by atoms with Crippen LogP contribution in [0.15, 0.2) is 42.6 Å². The molecule has 2 aromatic rings. The molecule has 3 heteroatoms. The summed E-state index contributed by atoms with van der Waals surface area (Å²) in [5, 5.41) is 8.00. The molecule has 0 amide bonds. The topological polar surface area (TPSA) is 29.9 Å². The summed E-state index contributed by atoms with van der Waals surface area (Å²) in [5.41, 5.74) is 2.56. The third-order valence-corrected chi connectivity index (χ3v) is 3.67. The van der Waals surface area contributed by atoms with Crippen LogP contribution in [-0.4, -0.2) is 16.8 Å². The highest BCUT2D eigenvalue weighted by Gasteiger charge is 2.09. The van der Waals surface area contributed by atoms with Gasteiger partial charge in [-0.1, -0.05) is 30.3 Å². The maximum Gasteiger partial charge on any atom is 0.0624 e. The van der Waals surface area contributed by atoms with E-state index in [1.54, 1.807) is 0 Å². The van der Waals surface area contributed by atoms with Crippen molar-refractivity contribution >= 4 is 0 Å². The van der Waals surface area contributed by atoms with Crippen LogP contribution >= 0.6 is 0 Å². The van der Waals surface area contributed by atoms with E-state index in [0.717, 1.165) is 19.3 Å². The van der Waals surface area contributed by atoms with Gasteiger partial charge in [-0.3, -0.25) is 4.68 Å². The first-order chi connectivity index (χ1) is 9.70. The zero-order valence-electron chi connectivity index (χ0n) is 12.7. The maximum atomic E-state index is 4.60. The predicted molar refractivity (Wildman–Crippen MR) is 83.8 cm³/mol. The van der Waals surface area contributed by atoms with Crippen LogP contribution in [0.4, 0.5) is 0 Å². The van der Waals surface area contributed by atoms with E-state index in [0.29, 0.717) is 12.1 Å². The zero-order valence-corrected chi connectivity index (χ0v) is 12.7. The average molecular weight is 271 g/mol. The lowest BCUT2D eigenvalue weighted by Gasteiger charge is -2.16. The number of aromatic nitrogens is 2. The molecule has 0 aliphatic carbocycles. The van der Waals surface area contributed by atoms with Gasteiger partial charge in [0.2, 0.25) is 0 Å². The van der Waals surface area contributed by atoms with E-state index in [1.807, 2.05) is 11.7 Å². The lowest BCUT2D eigenvalue weighted by atomic mass is 10.0. The molecule has 1 aromatic heterocycles. The van der Waals surface area contributed by atoms with Gasteiger partial charge in [0.25, 0.3) is 0 Å². The lowest BCUT2D eigenvalue weighted by molar-refractivity contribution is 0.509. The zero-order chi connectivity index (χ0) is 14.4. The second-order valence-corrected chi connectivity index (χ2v) is 5.53. The third-order valence-electron chi connectivity index (χ3n) is 3.67. The Morgan fingerprint density at radius 3 is 2.50 bits per heavy atom. The van der Waals surface area contributed by atoms with Crippen molar-refractivity contribution in [2.75, 3.05) is 7.05 Å². The average Bonchev–Trinajstić information content (AvgIpc) is 2.94. The summed E-state index contributed by atoms with van der Waals surface area (Å²) in [6, 6.07) is 13.7. The van der Waals surface area contributed by atoms with Crippen molar-refractivity contribution in [1.82, 2.24) is 15.1 Å². The fourth-order valence-electron chi connectivity index (χ4n) is 2.45. The van der Waals surface area contributed by atoms with Gasteiger partial charge in [-0.2, -0.15) is 5.10 Å². The Labute approximate surface area is 122 Å². The predicted octanol–water partition coefficient (Wildman–Crippen LogP) is 3.75. The minimum absolute atomic E-state index is 0.434. The van der Waals surface area contributed by atoms with E-state index < -0.39 is 0 Å². The molecule has 0 saturated heterocycles. The summed E-state index contributed by atoms with van der Waals surface area (Å²) in [6.07, 6.45) is 5.40. The molecule has 1 heterocycles. The molecule has 1 aromatic carbocycles. The van der Waals surface area contributed by atoms with Gasteiger partial charge in [0.15, 0.2) is 0 Å². The highest BCUT2D eigenvalue weighted by molar-refractivity contribution is 5.18. The van der Waals surface area contributed by atoms with Crippen molar-refractivity contribution in [2.24, 2.45) is 0 Å². The Morgan fingerprint density at radius 1 is 1.15 bits per heavy atom. The Balaban J connectivity index is 1.84. The molecule has 0 aliphatic rings. The van der Waals surface area contributed by atoms with Crippen molar-refractivity contribution in [3.05, 3.63) is 53.9 Å². The van der Waals surface area contributed by atoms with Crippen LogP contribution in [0.25, 0.3) is 0 Å². The van der Waals surface area contributed by atoms with Crippen molar-refractivity contribution < 1.29 is 0 Å². The Morgan fingerprint density at radius 2 is 1.90 bits per heavy atom. The minimum Gasteiger partial charge on any atom is -0.313 e. The Bertz CT molecular complexity index is 502. The molecule has 0 bridgehead atoms. The van der Waals surface area contributed by atoms with Crippen molar-refractivity contribution in [2.45, 2.75) is 45.2 Å². The fourth-order valence-corrected chi connectivity index (χ4v) is 2.45. The normalized spacial score (nSPS) is 12.8. The summed E-state index contributed by atoms with van der Waals surface area (Å²) in [4.78, 5) is 0. The van der Waals surface area contributed by atoms with Crippen LogP contribution in [0.5, 0.6) is 0 Å². The third kappa shape index (κ3) is 3.94. The number of nitrogens with one attached hydrogen (secondary N) is 1. The SMILES string of the molecule is CNC(CCCc1ccn(C(C)C)n1)c1ccccc1. The number of nitrogens with zero attached hydrogens (tertiary/aromatic N) is 2. The monoisotopic (exact) mass is 271 g/mol. The lowest BCUT2D eigenvalue weighted by Crippen LogP contribution is -2.16. The smallest absolute Gasteiger partial charge is 0.0624 e. The Hall–Kier alpha value is -1.61. The van der Waals surface area contributed by atoms with Gasteiger partial charge in [-0.25, -0.2) is 0 Å². The largest absolute Gasteiger partial charge is 0.313 e. The van der Waals surface area contributed by atoms with Crippen LogP contribution in [0.1, 0.15) is 50.0 Å². The van der Waals surface area contributed by atoms with E-state index in [1.165, 1.54) is 11.3 Å². The molecule has 1 atom stereocenters. The molecule has 20 heavy (non-hydrogen) atoms. The molecule has 0 radical (unpaired) electrons. The van der Waals surface area contributed by atoms with Crippen molar-refractivity contribution in [3.63, 3.8) is 0 Å². The first kappa shape index (κ1) is 14.8. The molecular formula is C17H25N3. The van der Waals surface area contributed by atoms with Gasteiger partial charge in [-0.15, -0.1) is 0 Å². The first-order valence-corrected chi connectivity index (χ1v) is 7.47. The molecule has 1 N–H and O–H groups in total. The fraction of sp³-hybridized carbons (Fsp3) is 0.471. The van der Waals surface area contributed by atoms with Gasteiger partial charge >= 0.3 is 0 Å². The molecule has 1 unspecified atom stereocenters. The summed E-state index contributed by atoms with van der Waals surface area (Å²) < 4.78 is 2.03. The molecule has 0 saturated carbocycles. The highest BCUT2D eigenvalue weighted by Crippen LogP contribution is 2.19. The summed E-state index contributed by atoms with van der Waals surface area (Å²) in [6.45, 7) is 4.31. The van der Waals surface area contributed by atoms with Gasteiger partial charge in [0, 0.05) is 18.3 Å². The van der Waals surface area contributed by atoms with Gasteiger partial charge in [-0.05, 0) is 51.8 Å². The number of hydrogen-bond donors (Lipinski definition) is 1. The summed E-state index contributed by atoms with van der Waals surface area (Å²) in [7, 11) is 2.03. The second kappa shape index (κ2) is 7.25. The first-order valence-electron chi connectivity index (χ1n) is 7.47. The number of hydrogen-bond acceptors (Lipinski definition) is 2. The van der Waals surface area contributed by atoms with E-state index >= 15 is 0 Å². The van der Waals surface area contributed by atoms with Crippen LogP contribution < -0.4 is 5.32 Å². The van der Waals surface area contributed by atoms with Crippen molar-refractivity contribution in [3.8, 4) is 0 Å². The molecule has 3 nitrogen and oxygen atoms in total. The van der Waals surface area contributed by atoms with Crippen LogP contribution in [0.2, 0.25) is 0 Å². The summed E-state index contributed by atoms with van der Waals surface area (Å²) in [5.74, 6) is 0. The quantitative estimate of drug-likeness (QED) is 0.831. The second-order valence-electron chi connectivity index (χ2n) is 5.53. The van der Waals surface area contributed by atoms with Gasteiger partial charge in [0.05, 0.1) is 5.69 Å². The van der Waals surface area contributed by atoms with Crippen molar-refractivity contribution in [1.29, 1.82) is 0 Å². The Kier molecular flexibility index (Phi) is 5.36. The molecular weight excluding hydrogens is 246 g/mol. The number of benzene rings is 1. The molecule has 0 aliphatic heterocycles. The highest BCUT2D eigenvalue weighted by atomic mass is 15.3. The molecule has 0 fully saturated rings. The molecule has 2 rings (SSSR count). The van der Waals surface area contributed by atoms with Crippen LogP contribution in [0, 0.1) is 0 Å². The number of aryl methyl sites for hydroxylation is 1. The maximum absolute atomic E-state index is 4.60. The van der Waals surface area contributed by atoms with E-state index in [-0.39, 0.29) is 0 Å². The minimum atomic E-state index is 0.434. The molecule has 108 valence electrons. The van der Waals surface area contributed by atoms with Crippen LogP contribution in [0.3, 0.4) is 0 Å². The van der Waals surface area contributed by atoms with E-state index in [2.05, 4.69) is 66.9 Å². The van der Waals surface area contributed by atoms with E-state index in [9.17, 15) is 0 Å². The number of rotatable bonds is 7.